The molecule has 2 N–H and O–H groups in total. The molecule has 4 aliphatic carbocycles. The van der Waals surface area contributed by atoms with Crippen LogP contribution < -0.4 is 5.06 Å². The van der Waals surface area contributed by atoms with E-state index < -0.39 is 0 Å². The van der Waals surface area contributed by atoms with E-state index in [0.717, 1.165) is 38.1 Å². The van der Waals surface area contributed by atoms with Gasteiger partial charge in [0, 0.05) is 18.9 Å². The molecule has 0 spiro atoms. The molecular formula is C31H52N2O2. The normalized spacial score (nSPS) is 48.3. The molecule has 198 valence electrons. The fourth-order valence-corrected chi connectivity index (χ4v) is 10.3. The lowest BCUT2D eigenvalue weighted by molar-refractivity contribution is -0.858. The molecule has 4 nitrogen and oxygen atoms in total. The number of fused-ring (bicyclic) bond motifs is 5. The van der Waals surface area contributed by atoms with Gasteiger partial charge in [-0.25, -0.2) is 0 Å². The molecule has 1 heterocycles. The van der Waals surface area contributed by atoms with Crippen LogP contribution in [0, 0.1) is 45.6 Å². The van der Waals surface area contributed by atoms with Crippen molar-refractivity contribution in [2.24, 2.45) is 40.4 Å². The fraction of sp³-hybridized carbons (Fsp3) is 0.871. The molecule has 0 aromatic carbocycles. The maximum absolute atomic E-state index is 12.8. The Morgan fingerprint density at radius 2 is 1.80 bits per heavy atom. The Balaban J connectivity index is 1.36. The van der Waals surface area contributed by atoms with Gasteiger partial charge in [-0.15, -0.1) is 0 Å². The van der Waals surface area contributed by atoms with Gasteiger partial charge in [-0.3, -0.25) is 0 Å². The van der Waals surface area contributed by atoms with Crippen LogP contribution in [0.25, 0.3) is 0 Å². The number of allylic oxidation sites excluding steroid dienone is 3. The number of nitrogens with zero attached hydrogens (tertiary/aromatic N) is 1. The van der Waals surface area contributed by atoms with Crippen molar-refractivity contribution in [1.29, 1.82) is 0 Å². The average molecular weight is 485 g/mol. The van der Waals surface area contributed by atoms with Gasteiger partial charge in [0.05, 0.1) is 12.6 Å². The van der Waals surface area contributed by atoms with Gasteiger partial charge in [0.15, 0.2) is 0 Å². The molecular weight excluding hydrogens is 432 g/mol. The lowest BCUT2D eigenvalue weighted by Crippen LogP contribution is -3.09. The molecule has 5 aliphatic rings. The van der Waals surface area contributed by atoms with E-state index in [4.69, 9.17) is 0 Å². The Hall–Kier alpha value is -0.680. The predicted octanol–water partition coefficient (Wildman–Crippen LogP) is 4.98. The van der Waals surface area contributed by atoms with E-state index in [1.165, 1.54) is 43.3 Å². The molecule has 0 aromatic heterocycles. The number of likely N-dealkylation sites (N-methyl/N-ethyl adjacent to an activating group) is 1. The summed E-state index contributed by atoms with van der Waals surface area (Å²) in [6.07, 6.45) is 13.1. The summed E-state index contributed by atoms with van der Waals surface area (Å²) in [5, 5.41) is 24.6. The summed E-state index contributed by atoms with van der Waals surface area (Å²) in [4.78, 5) is 2.25. The SMILES string of the molecule is CC(C)=C1CC[NH+]([O-])C1C[C@@H](C)[C@H]1CC[C@H]2C3=CC[C@H]4[C@@H](O)[C@@H](N(C)C)CC[C@]4(C)[C@H]3CC[C@]12C. The fourth-order valence-electron chi connectivity index (χ4n) is 10.3. The molecule has 4 heteroatoms. The highest BCUT2D eigenvalue weighted by atomic mass is 16.5. The van der Waals surface area contributed by atoms with Gasteiger partial charge in [0.2, 0.25) is 0 Å². The summed E-state index contributed by atoms with van der Waals surface area (Å²) in [6.45, 7) is 12.8. The highest BCUT2D eigenvalue weighted by molar-refractivity contribution is 5.28. The van der Waals surface area contributed by atoms with Crippen LogP contribution in [0.15, 0.2) is 22.8 Å². The van der Waals surface area contributed by atoms with Crippen LogP contribution in [-0.2, 0) is 0 Å². The molecule has 0 radical (unpaired) electrons. The molecule has 3 saturated carbocycles. The Bertz CT molecular complexity index is 875. The average Bonchev–Trinajstić information content (AvgIpc) is 3.33. The summed E-state index contributed by atoms with van der Waals surface area (Å²) in [5.41, 5.74) is 5.22. The van der Waals surface area contributed by atoms with Gasteiger partial charge in [-0.05, 0) is 119 Å². The summed E-state index contributed by atoms with van der Waals surface area (Å²) in [7, 11) is 4.26. The van der Waals surface area contributed by atoms with Crippen LogP contribution >= 0.6 is 0 Å². The Morgan fingerprint density at radius 1 is 1.11 bits per heavy atom. The van der Waals surface area contributed by atoms with Gasteiger partial charge in [0.1, 0.15) is 6.04 Å². The lowest BCUT2D eigenvalue weighted by Gasteiger charge is -2.59. The van der Waals surface area contributed by atoms with Crippen molar-refractivity contribution in [2.45, 2.75) is 111 Å². The first-order valence-electron chi connectivity index (χ1n) is 14.7. The molecule has 4 fully saturated rings. The summed E-state index contributed by atoms with van der Waals surface area (Å²) >= 11 is 0. The third kappa shape index (κ3) is 4.01. The van der Waals surface area contributed by atoms with Crippen molar-refractivity contribution in [3.8, 4) is 0 Å². The lowest BCUT2D eigenvalue weighted by atomic mass is 9.47. The van der Waals surface area contributed by atoms with E-state index in [1.807, 2.05) is 0 Å². The first-order valence-corrected chi connectivity index (χ1v) is 14.7. The van der Waals surface area contributed by atoms with Crippen molar-refractivity contribution < 1.29 is 10.2 Å². The Labute approximate surface area is 214 Å². The van der Waals surface area contributed by atoms with Crippen molar-refractivity contribution in [1.82, 2.24) is 4.90 Å². The zero-order valence-electron chi connectivity index (χ0n) is 23.6. The van der Waals surface area contributed by atoms with Gasteiger partial charge in [0.25, 0.3) is 0 Å². The summed E-state index contributed by atoms with van der Waals surface area (Å²) in [5.74, 6) is 3.08. The van der Waals surface area contributed by atoms with E-state index in [2.05, 4.69) is 59.7 Å². The molecule has 0 bridgehead atoms. The standard InChI is InChI=1S/C31H52N2O2/c1-19(2)21-14-17-33(35)28(21)18-20(3)23-10-11-24-22-8-9-26-29(34)27(32(6)7)13-16-31(26,5)25(22)12-15-30(23,24)4/h8,20,23-29,33-34H,9-18H2,1-7H3/t20-,23-,24+,25+,26+,27+,28?,29-,30-,31-/m1/s1. The van der Waals surface area contributed by atoms with Crippen LogP contribution in [0.1, 0.15) is 92.4 Å². The smallest absolute Gasteiger partial charge is 0.109 e. The molecule has 2 unspecified atom stereocenters. The monoisotopic (exact) mass is 484 g/mol. The maximum Gasteiger partial charge on any atom is 0.109 e. The molecule has 5 rings (SSSR count). The number of hydrogen-bond acceptors (Lipinski definition) is 3. The summed E-state index contributed by atoms with van der Waals surface area (Å²) in [6, 6.07) is 0.494. The minimum absolute atomic E-state index is 0.191. The highest BCUT2D eigenvalue weighted by Crippen LogP contribution is 2.67. The van der Waals surface area contributed by atoms with Crippen LogP contribution in [0.4, 0.5) is 0 Å². The van der Waals surface area contributed by atoms with Gasteiger partial charge >= 0.3 is 0 Å². The third-order valence-electron chi connectivity index (χ3n) is 12.3. The molecule has 11 atom stereocenters. The first-order chi connectivity index (χ1) is 16.5. The number of aliphatic hydroxyl groups excluding tert-OH is 1. The second kappa shape index (κ2) is 9.26. The maximum atomic E-state index is 12.8. The number of quaternary nitrogens is 1. The van der Waals surface area contributed by atoms with Gasteiger partial charge < -0.3 is 20.3 Å². The molecule has 0 amide bonds. The molecule has 0 aromatic rings. The predicted molar refractivity (Wildman–Crippen MR) is 144 cm³/mol. The number of nitrogens with one attached hydrogen (secondary N) is 1. The Morgan fingerprint density at radius 3 is 2.49 bits per heavy atom. The molecule has 1 aliphatic heterocycles. The molecule has 1 saturated heterocycles. The van der Waals surface area contributed by atoms with E-state index in [9.17, 15) is 10.3 Å². The minimum Gasteiger partial charge on any atom is -0.634 e. The van der Waals surface area contributed by atoms with Gasteiger partial charge in [-0.2, -0.15) is 0 Å². The van der Waals surface area contributed by atoms with Crippen LogP contribution in [-0.4, -0.2) is 48.8 Å². The Kier molecular flexibility index (Phi) is 6.86. The topological polar surface area (TPSA) is 51.0 Å². The van der Waals surface area contributed by atoms with Gasteiger partial charge in [-0.1, -0.05) is 38.0 Å². The van der Waals surface area contributed by atoms with E-state index in [1.54, 1.807) is 5.57 Å². The molecule has 35 heavy (non-hydrogen) atoms. The van der Waals surface area contributed by atoms with Crippen LogP contribution in [0.2, 0.25) is 0 Å². The highest BCUT2D eigenvalue weighted by Gasteiger charge is 2.60. The van der Waals surface area contributed by atoms with E-state index in [0.29, 0.717) is 40.2 Å². The van der Waals surface area contributed by atoms with E-state index in [-0.39, 0.29) is 17.6 Å². The minimum atomic E-state index is -0.209. The van der Waals surface area contributed by atoms with E-state index >= 15 is 0 Å². The van der Waals surface area contributed by atoms with Crippen molar-refractivity contribution in [2.75, 3.05) is 20.6 Å². The zero-order chi connectivity index (χ0) is 25.3. The second-order valence-corrected chi connectivity index (χ2v) is 14.2. The van der Waals surface area contributed by atoms with Crippen molar-refractivity contribution in [3.05, 3.63) is 28.0 Å². The third-order valence-corrected chi connectivity index (χ3v) is 12.3. The number of hydroxylamine groups is 2. The number of aliphatic hydroxyl groups is 1. The van der Waals surface area contributed by atoms with Crippen LogP contribution in [0.5, 0.6) is 0 Å². The largest absolute Gasteiger partial charge is 0.634 e. The second-order valence-electron chi connectivity index (χ2n) is 14.2. The zero-order valence-corrected chi connectivity index (χ0v) is 23.6. The quantitative estimate of drug-likeness (QED) is 0.437. The number of hydrogen-bond donors (Lipinski definition) is 2. The summed E-state index contributed by atoms with van der Waals surface area (Å²) < 4.78 is 0. The first kappa shape index (κ1) is 25.9. The van der Waals surface area contributed by atoms with Crippen molar-refractivity contribution >= 4 is 0 Å². The van der Waals surface area contributed by atoms with Crippen molar-refractivity contribution in [3.63, 3.8) is 0 Å². The number of rotatable bonds is 4. The van der Waals surface area contributed by atoms with Crippen LogP contribution in [0.3, 0.4) is 0 Å².